The molecule has 0 aliphatic carbocycles. The van der Waals surface area contributed by atoms with Crippen molar-refractivity contribution in [2.24, 2.45) is 7.05 Å². The van der Waals surface area contributed by atoms with Crippen LogP contribution in [0.1, 0.15) is 29.4 Å². The van der Waals surface area contributed by atoms with Crippen LogP contribution in [0.3, 0.4) is 0 Å². The molecule has 210 valence electrons. The van der Waals surface area contributed by atoms with Crippen molar-refractivity contribution in [3.05, 3.63) is 150 Å². The van der Waals surface area contributed by atoms with Crippen molar-refractivity contribution in [3.63, 3.8) is 0 Å². The van der Waals surface area contributed by atoms with Crippen LogP contribution in [0.2, 0.25) is 0 Å². The third-order valence-corrected chi connectivity index (χ3v) is 8.39. The Morgan fingerprint density at radius 3 is 2.16 bits per heavy atom. The third kappa shape index (κ3) is 4.93. The molecule has 3 nitrogen and oxygen atoms in total. The van der Waals surface area contributed by atoms with E-state index < -0.39 is 0 Å². The molecule has 0 spiro atoms. The zero-order valence-electron chi connectivity index (χ0n) is 24.8. The van der Waals surface area contributed by atoms with E-state index in [4.69, 9.17) is 4.42 Å². The SMILES string of the molecule is C/C=C\C=C/c1oc2ccccc2c1C.Cn1c2ccccc2c2ccc(Cc3ccc4[nH]c5ccccc5c4c3)cc21. The molecule has 3 heteroatoms. The Kier molecular flexibility index (Phi) is 6.92. The number of nitrogens with one attached hydrogen (secondary N) is 1. The van der Waals surface area contributed by atoms with E-state index in [-0.39, 0.29) is 0 Å². The number of benzene rings is 5. The minimum absolute atomic E-state index is 0.937. The number of hydrogen-bond donors (Lipinski definition) is 1. The number of H-pyrrole nitrogens is 1. The first-order valence-electron chi connectivity index (χ1n) is 14.8. The number of aromatic amines is 1. The third-order valence-electron chi connectivity index (χ3n) is 8.39. The summed E-state index contributed by atoms with van der Waals surface area (Å²) in [6.45, 7) is 4.08. The van der Waals surface area contributed by atoms with E-state index in [0.717, 1.165) is 17.8 Å². The molecule has 5 aromatic carbocycles. The molecule has 8 rings (SSSR count). The number of aromatic nitrogens is 2. The summed E-state index contributed by atoms with van der Waals surface area (Å²) in [6, 6.07) is 38.9. The molecule has 0 bridgehead atoms. The summed E-state index contributed by atoms with van der Waals surface area (Å²) in [5.41, 5.74) is 9.83. The number of furan rings is 1. The summed E-state index contributed by atoms with van der Waals surface area (Å²) in [5, 5.41) is 6.44. The summed E-state index contributed by atoms with van der Waals surface area (Å²) >= 11 is 0. The summed E-state index contributed by atoms with van der Waals surface area (Å²) in [6.07, 6.45) is 8.91. The van der Waals surface area contributed by atoms with E-state index in [9.17, 15) is 0 Å². The molecule has 0 radical (unpaired) electrons. The Hall–Kier alpha value is -5.28. The smallest absolute Gasteiger partial charge is 0.135 e. The van der Waals surface area contributed by atoms with Crippen LogP contribution in [0, 0.1) is 6.92 Å². The predicted octanol–water partition coefficient (Wildman–Crippen LogP) is 10.9. The van der Waals surface area contributed by atoms with E-state index in [1.165, 1.54) is 65.7 Å². The van der Waals surface area contributed by atoms with Crippen molar-refractivity contribution in [3.8, 4) is 0 Å². The van der Waals surface area contributed by atoms with E-state index in [1.54, 1.807) is 0 Å². The van der Waals surface area contributed by atoms with Gasteiger partial charge in [-0.3, -0.25) is 0 Å². The number of aryl methyl sites for hydroxylation is 2. The number of hydrogen-bond acceptors (Lipinski definition) is 1. The minimum Gasteiger partial charge on any atom is -0.456 e. The summed E-state index contributed by atoms with van der Waals surface area (Å²) in [7, 11) is 2.16. The lowest BCUT2D eigenvalue weighted by atomic mass is 10.0. The highest BCUT2D eigenvalue weighted by Gasteiger charge is 2.10. The van der Waals surface area contributed by atoms with Crippen LogP contribution in [0.4, 0.5) is 0 Å². The van der Waals surface area contributed by atoms with Gasteiger partial charge in [-0.25, -0.2) is 0 Å². The topological polar surface area (TPSA) is 33.9 Å². The van der Waals surface area contributed by atoms with Crippen LogP contribution < -0.4 is 0 Å². The van der Waals surface area contributed by atoms with Crippen molar-refractivity contribution in [1.82, 2.24) is 9.55 Å². The highest BCUT2D eigenvalue weighted by atomic mass is 16.3. The van der Waals surface area contributed by atoms with Crippen LogP contribution in [-0.2, 0) is 13.5 Å². The molecule has 0 aliphatic heterocycles. The van der Waals surface area contributed by atoms with Gasteiger partial charge in [0.25, 0.3) is 0 Å². The zero-order chi connectivity index (χ0) is 29.3. The fraction of sp³-hybridized carbons (Fsp3) is 0.100. The van der Waals surface area contributed by atoms with Gasteiger partial charge in [-0.1, -0.05) is 91.0 Å². The fourth-order valence-electron chi connectivity index (χ4n) is 6.16. The van der Waals surface area contributed by atoms with Crippen LogP contribution >= 0.6 is 0 Å². The van der Waals surface area contributed by atoms with Gasteiger partial charge in [0.2, 0.25) is 0 Å². The standard InChI is InChI=1S/C26H20N2.C14H14O/c1-28-25-9-5-3-7-20(25)21-12-10-18(16-26(21)28)14-17-11-13-24-22(15-17)19-6-2-4-8-23(19)27-24;1-3-4-5-9-13-11(2)12-8-6-7-10-14(12)15-13/h2-13,15-16,27H,14H2,1H3;3-10H,1-2H3/b;4-3-,9-5-. The van der Waals surface area contributed by atoms with E-state index >= 15 is 0 Å². The molecule has 0 aliphatic rings. The van der Waals surface area contributed by atoms with Crippen LogP contribution in [0.25, 0.3) is 60.7 Å². The molecule has 0 saturated carbocycles. The lowest BCUT2D eigenvalue weighted by Gasteiger charge is -2.05. The second-order valence-corrected chi connectivity index (χ2v) is 11.1. The molecule has 0 atom stereocenters. The molecular weight excluding hydrogens is 524 g/mol. The predicted molar refractivity (Wildman–Crippen MR) is 184 cm³/mol. The normalized spacial score (nSPS) is 12.0. The van der Waals surface area contributed by atoms with Crippen molar-refractivity contribution in [2.45, 2.75) is 20.3 Å². The molecule has 3 aromatic heterocycles. The monoisotopic (exact) mass is 558 g/mol. The first kappa shape index (κ1) is 26.6. The second kappa shape index (κ2) is 11.2. The average molecular weight is 559 g/mol. The van der Waals surface area contributed by atoms with Gasteiger partial charge in [0, 0.05) is 61.6 Å². The Bertz CT molecular complexity index is 2300. The highest BCUT2D eigenvalue weighted by Crippen LogP contribution is 2.31. The molecule has 0 amide bonds. The Labute approximate surface area is 251 Å². The second-order valence-electron chi connectivity index (χ2n) is 11.1. The number of nitrogens with zero attached hydrogens (tertiary/aromatic N) is 1. The van der Waals surface area contributed by atoms with Gasteiger partial charge >= 0.3 is 0 Å². The lowest BCUT2D eigenvalue weighted by Crippen LogP contribution is -1.91. The number of rotatable bonds is 4. The van der Waals surface area contributed by atoms with E-state index in [0.29, 0.717) is 0 Å². The maximum Gasteiger partial charge on any atom is 0.135 e. The Morgan fingerprint density at radius 1 is 0.651 bits per heavy atom. The Morgan fingerprint density at radius 2 is 1.33 bits per heavy atom. The molecule has 43 heavy (non-hydrogen) atoms. The summed E-state index contributed by atoms with van der Waals surface area (Å²) in [5.74, 6) is 0.939. The van der Waals surface area contributed by atoms with Crippen LogP contribution in [0.15, 0.2) is 132 Å². The molecule has 3 heterocycles. The van der Waals surface area contributed by atoms with Gasteiger partial charge in [0.05, 0.1) is 0 Å². The van der Waals surface area contributed by atoms with Crippen molar-refractivity contribution in [2.75, 3.05) is 0 Å². The maximum atomic E-state index is 5.72. The van der Waals surface area contributed by atoms with Crippen molar-refractivity contribution in [1.29, 1.82) is 0 Å². The average Bonchev–Trinajstić information content (AvgIpc) is 3.67. The Balaban J connectivity index is 0.000000170. The van der Waals surface area contributed by atoms with Crippen molar-refractivity contribution >= 4 is 60.7 Å². The zero-order valence-corrected chi connectivity index (χ0v) is 24.8. The van der Waals surface area contributed by atoms with Gasteiger partial charge < -0.3 is 14.0 Å². The molecule has 0 unspecified atom stereocenters. The first-order chi connectivity index (χ1) is 21.1. The molecular formula is C40H34N2O. The van der Waals surface area contributed by atoms with Gasteiger partial charge in [0.1, 0.15) is 11.3 Å². The quantitative estimate of drug-likeness (QED) is 0.214. The minimum atomic E-state index is 0.937. The molecule has 0 fully saturated rings. The summed E-state index contributed by atoms with van der Waals surface area (Å²) in [4.78, 5) is 3.51. The van der Waals surface area contributed by atoms with E-state index in [1.807, 2.05) is 49.4 Å². The van der Waals surface area contributed by atoms with Gasteiger partial charge in [-0.15, -0.1) is 0 Å². The number of fused-ring (bicyclic) bond motifs is 7. The van der Waals surface area contributed by atoms with Gasteiger partial charge in [-0.05, 0) is 73.9 Å². The number of allylic oxidation sites excluding steroid dienone is 3. The first-order valence-corrected chi connectivity index (χ1v) is 14.8. The molecule has 0 saturated heterocycles. The highest BCUT2D eigenvalue weighted by molar-refractivity contribution is 6.08. The van der Waals surface area contributed by atoms with Crippen LogP contribution in [-0.4, -0.2) is 9.55 Å². The number of para-hydroxylation sites is 3. The lowest BCUT2D eigenvalue weighted by molar-refractivity contribution is 0.601. The fourth-order valence-corrected chi connectivity index (χ4v) is 6.16. The van der Waals surface area contributed by atoms with Crippen molar-refractivity contribution < 1.29 is 4.42 Å². The van der Waals surface area contributed by atoms with Gasteiger partial charge in [-0.2, -0.15) is 0 Å². The van der Waals surface area contributed by atoms with E-state index in [2.05, 4.69) is 115 Å². The van der Waals surface area contributed by atoms with Gasteiger partial charge in [0.15, 0.2) is 0 Å². The largest absolute Gasteiger partial charge is 0.456 e. The summed E-state index contributed by atoms with van der Waals surface area (Å²) < 4.78 is 8.03. The van der Waals surface area contributed by atoms with Crippen LogP contribution in [0.5, 0.6) is 0 Å². The molecule has 8 aromatic rings. The molecule has 1 N–H and O–H groups in total. The maximum absolute atomic E-state index is 5.72.